The fraction of sp³-hybridized carbons (Fsp3) is 0.857. The van der Waals surface area contributed by atoms with Gasteiger partial charge in [-0.15, -0.1) is 0 Å². The highest BCUT2D eigenvalue weighted by molar-refractivity contribution is 7.51. The number of nitrogens with one attached hydrogen (secondary N) is 1. The van der Waals surface area contributed by atoms with Crippen LogP contribution in [0.25, 0.3) is 0 Å². The quantitative estimate of drug-likeness (QED) is 0.458. The van der Waals surface area contributed by atoms with E-state index in [9.17, 15) is 9.36 Å². The highest BCUT2D eigenvalue weighted by Gasteiger charge is 2.29. The maximum atomic E-state index is 10.8. The monoisotopic (exact) mass is 222 g/mol. The zero-order valence-electron chi connectivity index (χ0n) is 7.72. The lowest BCUT2D eigenvalue weighted by atomic mass is 9.94. The van der Waals surface area contributed by atoms with Gasteiger partial charge in [-0.1, -0.05) is 0 Å². The van der Waals surface area contributed by atoms with Crippen molar-refractivity contribution in [3.8, 4) is 0 Å². The molecule has 1 rings (SSSR count). The molecule has 0 aromatic carbocycles. The molecule has 0 aromatic heterocycles. The molecule has 1 heterocycles. The van der Waals surface area contributed by atoms with Gasteiger partial charge in [0.2, 0.25) is 5.91 Å². The van der Waals surface area contributed by atoms with Crippen molar-refractivity contribution in [2.45, 2.75) is 18.9 Å². The van der Waals surface area contributed by atoms with Crippen LogP contribution in [0.1, 0.15) is 12.8 Å². The average Bonchev–Trinajstić information content (AvgIpc) is 2.01. The maximum absolute atomic E-state index is 10.8. The molecule has 1 aliphatic heterocycles. The van der Waals surface area contributed by atoms with Crippen molar-refractivity contribution >= 4 is 13.5 Å². The van der Waals surface area contributed by atoms with Crippen molar-refractivity contribution < 1.29 is 19.1 Å². The Labute approximate surface area is 82.0 Å². The van der Waals surface area contributed by atoms with Crippen molar-refractivity contribution in [3.63, 3.8) is 0 Å². The van der Waals surface area contributed by atoms with Gasteiger partial charge in [0.1, 0.15) is 0 Å². The van der Waals surface area contributed by atoms with Gasteiger partial charge < -0.3 is 20.8 Å². The lowest BCUT2D eigenvalue weighted by Crippen LogP contribution is -2.47. The summed E-state index contributed by atoms with van der Waals surface area (Å²) in [7, 11) is -3.97. The van der Waals surface area contributed by atoms with E-state index >= 15 is 0 Å². The fourth-order valence-corrected chi connectivity index (χ4v) is 2.72. The Hall–Kier alpha value is -0.420. The molecule has 6 nitrogen and oxygen atoms in total. The highest BCUT2D eigenvalue weighted by atomic mass is 31.2. The van der Waals surface area contributed by atoms with Crippen LogP contribution in [0, 0.1) is 5.92 Å². The Morgan fingerprint density at radius 3 is 2.71 bits per heavy atom. The molecule has 1 amide bonds. The van der Waals surface area contributed by atoms with E-state index in [0.29, 0.717) is 19.4 Å². The van der Waals surface area contributed by atoms with Crippen LogP contribution in [0.5, 0.6) is 0 Å². The zero-order valence-corrected chi connectivity index (χ0v) is 8.61. The van der Waals surface area contributed by atoms with Gasteiger partial charge in [-0.3, -0.25) is 9.36 Å². The van der Waals surface area contributed by atoms with Gasteiger partial charge in [-0.25, -0.2) is 0 Å². The van der Waals surface area contributed by atoms with Gasteiger partial charge in [-0.05, 0) is 25.3 Å². The Morgan fingerprint density at radius 1 is 1.57 bits per heavy atom. The Bertz CT molecular complexity index is 264. The van der Waals surface area contributed by atoms with Gasteiger partial charge in [0.15, 0.2) is 0 Å². The number of hydrogen-bond donors (Lipinski definition) is 4. The molecule has 0 aromatic rings. The smallest absolute Gasteiger partial charge is 0.325 e. The molecule has 14 heavy (non-hydrogen) atoms. The predicted octanol–water partition coefficient (Wildman–Crippen LogP) is -0.982. The molecular weight excluding hydrogens is 207 g/mol. The normalized spacial score (nSPS) is 28.7. The van der Waals surface area contributed by atoms with Gasteiger partial charge in [0.25, 0.3) is 0 Å². The third kappa shape index (κ3) is 3.75. The van der Waals surface area contributed by atoms with E-state index in [0.717, 1.165) is 0 Å². The molecule has 5 N–H and O–H groups in total. The van der Waals surface area contributed by atoms with Gasteiger partial charge >= 0.3 is 7.60 Å². The van der Waals surface area contributed by atoms with Crippen molar-refractivity contribution in [3.05, 3.63) is 0 Å². The number of hydrogen-bond acceptors (Lipinski definition) is 3. The van der Waals surface area contributed by atoms with Crippen LogP contribution in [0.4, 0.5) is 0 Å². The van der Waals surface area contributed by atoms with Crippen molar-refractivity contribution in [1.82, 2.24) is 5.32 Å². The number of nitrogens with two attached hydrogens (primary N) is 1. The van der Waals surface area contributed by atoms with Crippen LogP contribution in [0.2, 0.25) is 0 Å². The second-order valence-corrected chi connectivity index (χ2v) is 5.34. The summed E-state index contributed by atoms with van der Waals surface area (Å²) in [6.45, 7) is 0.582. The first-order valence-corrected chi connectivity index (χ1v) is 6.25. The fourth-order valence-electron chi connectivity index (χ4n) is 1.72. The SMILES string of the molecule is NC(=O)C1CC(CP(=O)(O)O)CCN1. The molecule has 0 radical (unpaired) electrons. The summed E-state index contributed by atoms with van der Waals surface area (Å²) < 4.78 is 10.7. The Morgan fingerprint density at radius 2 is 2.21 bits per heavy atom. The zero-order chi connectivity index (χ0) is 10.8. The van der Waals surface area contributed by atoms with E-state index in [-0.39, 0.29) is 12.1 Å². The number of piperidine rings is 1. The van der Waals surface area contributed by atoms with Gasteiger partial charge in [0, 0.05) is 0 Å². The molecule has 7 heteroatoms. The summed E-state index contributed by atoms with van der Waals surface area (Å²) in [6.07, 6.45) is 0.938. The van der Waals surface area contributed by atoms with Crippen LogP contribution in [0.3, 0.4) is 0 Å². The van der Waals surface area contributed by atoms with Crippen molar-refractivity contribution in [1.29, 1.82) is 0 Å². The molecule has 82 valence electrons. The summed E-state index contributed by atoms with van der Waals surface area (Å²) in [5.74, 6) is -0.574. The molecule has 0 bridgehead atoms. The minimum Gasteiger partial charge on any atom is -0.368 e. The minimum absolute atomic E-state index is 0.116. The number of carbonyl (C=O) groups is 1. The van der Waals surface area contributed by atoms with Gasteiger partial charge in [-0.2, -0.15) is 0 Å². The van der Waals surface area contributed by atoms with E-state index in [1.807, 2.05) is 0 Å². The first kappa shape index (κ1) is 11.7. The molecule has 2 atom stereocenters. The lowest BCUT2D eigenvalue weighted by Gasteiger charge is -2.28. The van der Waals surface area contributed by atoms with E-state index in [1.54, 1.807) is 0 Å². The van der Waals surface area contributed by atoms with Crippen LogP contribution in [-0.4, -0.2) is 34.4 Å². The summed E-state index contributed by atoms with van der Waals surface area (Å²) >= 11 is 0. The molecule has 1 saturated heterocycles. The first-order valence-electron chi connectivity index (χ1n) is 4.46. The molecular formula is C7H15N2O4P. The third-order valence-electron chi connectivity index (χ3n) is 2.35. The van der Waals surface area contributed by atoms with Crippen LogP contribution in [0.15, 0.2) is 0 Å². The largest absolute Gasteiger partial charge is 0.368 e. The van der Waals surface area contributed by atoms with Crippen LogP contribution >= 0.6 is 7.60 Å². The molecule has 0 saturated carbocycles. The van der Waals surface area contributed by atoms with E-state index in [4.69, 9.17) is 15.5 Å². The number of primary amides is 1. The van der Waals surface area contributed by atoms with Crippen LogP contribution < -0.4 is 11.1 Å². The van der Waals surface area contributed by atoms with Crippen molar-refractivity contribution in [2.75, 3.05) is 12.7 Å². The topological polar surface area (TPSA) is 113 Å². The highest BCUT2D eigenvalue weighted by Crippen LogP contribution is 2.39. The Balaban J connectivity index is 2.48. The Kier molecular flexibility index (Phi) is 3.66. The molecule has 2 unspecified atom stereocenters. The standard InChI is InChI=1S/C7H15N2O4P/c8-7(10)6-3-5(1-2-9-6)4-14(11,12)13/h5-6,9H,1-4H2,(H2,8,10)(H2,11,12,13). The summed E-state index contributed by atoms with van der Waals surface area (Å²) in [4.78, 5) is 28.4. The number of amides is 1. The summed E-state index contributed by atoms with van der Waals surface area (Å²) in [6, 6.07) is -0.444. The second kappa shape index (κ2) is 4.40. The maximum Gasteiger partial charge on any atom is 0.325 e. The second-order valence-electron chi connectivity index (χ2n) is 3.65. The number of rotatable bonds is 3. The minimum atomic E-state index is -3.97. The van der Waals surface area contributed by atoms with E-state index < -0.39 is 19.5 Å². The number of carbonyl (C=O) groups excluding carboxylic acids is 1. The van der Waals surface area contributed by atoms with Gasteiger partial charge in [0.05, 0.1) is 12.2 Å². The summed E-state index contributed by atoms with van der Waals surface area (Å²) in [5.41, 5.74) is 5.10. The van der Waals surface area contributed by atoms with Crippen LogP contribution in [-0.2, 0) is 9.36 Å². The predicted molar refractivity (Wildman–Crippen MR) is 50.6 cm³/mol. The van der Waals surface area contributed by atoms with Crippen molar-refractivity contribution in [2.24, 2.45) is 11.7 Å². The average molecular weight is 222 g/mol. The van der Waals surface area contributed by atoms with E-state index in [1.165, 1.54) is 0 Å². The molecule has 1 fully saturated rings. The summed E-state index contributed by atoms with van der Waals surface area (Å²) in [5, 5.41) is 2.91. The first-order chi connectivity index (χ1) is 6.38. The van der Waals surface area contributed by atoms with E-state index in [2.05, 4.69) is 5.32 Å². The third-order valence-corrected chi connectivity index (χ3v) is 3.34. The molecule has 1 aliphatic rings. The molecule has 0 aliphatic carbocycles. The lowest BCUT2D eigenvalue weighted by molar-refractivity contribution is -0.120. The molecule has 0 spiro atoms.